The van der Waals surface area contributed by atoms with Crippen LogP contribution in [0.15, 0.2) is 48.5 Å². The molecule has 1 aliphatic heterocycles. The number of carboxylic acid groups (broad SMARTS) is 1. The third kappa shape index (κ3) is 1.53. The minimum absolute atomic E-state index is 0.346. The zero-order valence-electron chi connectivity index (χ0n) is 14.6. The van der Waals surface area contributed by atoms with E-state index in [4.69, 9.17) is 4.74 Å². The van der Waals surface area contributed by atoms with Crippen molar-refractivity contribution in [1.82, 2.24) is 4.90 Å². The Bertz CT molecular complexity index is 918. The van der Waals surface area contributed by atoms with Crippen LogP contribution in [-0.2, 0) is 20.4 Å². The van der Waals surface area contributed by atoms with Crippen LogP contribution in [0.2, 0.25) is 0 Å². The van der Waals surface area contributed by atoms with Crippen molar-refractivity contribution < 1.29 is 19.4 Å². The Morgan fingerprint density at radius 2 is 1.46 bits per heavy atom. The van der Waals surface area contributed by atoms with Gasteiger partial charge in [-0.1, -0.05) is 48.5 Å². The summed E-state index contributed by atoms with van der Waals surface area (Å²) in [4.78, 5) is 25.4. The van der Waals surface area contributed by atoms with E-state index < -0.39 is 29.0 Å². The molecule has 0 spiro atoms. The van der Waals surface area contributed by atoms with Gasteiger partial charge in [0.2, 0.25) is 0 Å². The molecule has 5 nitrogen and oxygen atoms in total. The molecule has 26 heavy (non-hydrogen) atoms. The van der Waals surface area contributed by atoms with E-state index in [0.717, 1.165) is 22.3 Å². The van der Waals surface area contributed by atoms with Gasteiger partial charge >= 0.3 is 12.1 Å². The van der Waals surface area contributed by atoms with E-state index in [0.29, 0.717) is 0 Å². The fourth-order valence-corrected chi connectivity index (χ4v) is 5.57. The van der Waals surface area contributed by atoms with Gasteiger partial charge in [0.25, 0.3) is 0 Å². The highest BCUT2D eigenvalue weighted by Gasteiger charge is 2.68. The molecule has 1 heterocycles. The molecule has 3 aliphatic carbocycles. The number of aliphatic carboxylic acids is 1. The van der Waals surface area contributed by atoms with E-state index in [1.165, 1.54) is 4.90 Å². The Hall–Kier alpha value is -2.82. The van der Waals surface area contributed by atoms with Crippen molar-refractivity contribution in [1.29, 1.82) is 0 Å². The first kappa shape index (κ1) is 15.4. The summed E-state index contributed by atoms with van der Waals surface area (Å²) in [6.45, 7) is 3.87. The normalized spacial score (nSPS) is 33.3. The molecule has 0 unspecified atom stereocenters. The first-order valence-electron chi connectivity index (χ1n) is 8.79. The average Bonchev–Trinajstić information content (AvgIpc) is 2.97. The Kier molecular flexibility index (Phi) is 2.77. The van der Waals surface area contributed by atoms with Crippen molar-refractivity contribution in [3.05, 3.63) is 70.8 Å². The van der Waals surface area contributed by atoms with E-state index in [-0.39, 0.29) is 12.6 Å². The molecule has 0 radical (unpaired) electrons. The van der Waals surface area contributed by atoms with Gasteiger partial charge in [0.05, 0.1) is 11.5 Å². The van der Waals surface area contributed by atoms with Crippen molar-refractivity contribution in [2.45, 2.75) is 36.8 Å². The summed E-state index contributed by atoms with van der Waals surface area (Å²) in [6, 6.07) is 16.1. The quantitative estimate of drug-likeness (QED) is 0.905. The maximum Gasteiger partial charge on any atom is 0.411 e. The van der Waals surface area contributed by atoms with E-state index in [1.54, 1.807) is 0 Å². The summed E-state index contributed by atoms with van der Waals surface area (Å²) in [7, 11) is 0. The fraction of sp³-hybridized carbons (Fsp3) is 0.333. The number of hydrogen-bond acceptors (Lipinski definition) is 3. The predicted molar refractivity (Wildman–Crippen MR) is 94.2 cm³/mol. The van der Waals surface area contributed by atoms with E-state index >= 15 is 0 Å². The number of benzene rings is 2. The molecule has 0 aromatic heterocycles. The number of carboxylic acids is 1. The van der Waals surface area contributed by atoms with Gasteiger partial charge < -0.3 is 9.84 Å². The van der Waals surface area contributed by atoms with Crippen molar-refractivity contribution in [3.8, 4) is 0 Å². The smallest absolute Gasteiger partial charge is 0.411 e. The van der Waals surface area contributed by atoms with Gasteiger partial charge in [-0.2, -0.15) is 0 Å². The van der Waals surface area contributed by atoms with Crippen molar-refractivity contribution in [2.24, 2.45) is 0 Å². The second-order valence-electron chi connectivity index (χ2n) is 7.77. The van der Waals surface area contributed by atoms with Crippen LogP contribution >= 0.6 is 0 Å². The van der Waals surface area contributed by atoms with E-state index in [9.17, 15) is 14.7 Å². The second-order valence-corrected chi connectivity index (χ2v) is 7.77. The van der Waals surface area contributed by atoms with Gasteiger partial charge in [-0.15, -0.1) is 0 Å². The first-order chi connectivity index (χ1) is 12.4. The number of rotatable bonds is 2. The summed E-state index contributed by atoms with van der Waals surface area (Å²) < 4.78 is 5.82. The topological polar surface area (TPSA) is 66.8 Å². The molecule has 1 amide bonds. The fourth-order valence-electron chi connectivity index (χ4n) is 5.57. The van der Waals surface area contributed by atoms with Gasteiger partial charge in [-0.25, -0.2) is 4.79 Å². The Morgan fingerprint density at radius 3 is 1.92 bits per heavy atom. The molecule has 4 aliphatic rings. The van der Waals surface area contributed by atoms with Crippen molar-refractivity contribution >= 4 is 12.1 Å². The van der Waals surface area contributed by atoms with Crippen LogP contribution in [0.1, 0.15) is 36.1 Å². The predicted octanol–water partition coefficient (Wildman–Crippen LogP) is 2.90. The van der Waals surface area contributed by atoms with Crippen LogP contribution in [-0.4, -0.2) is 40.8 Å². The SMILES string of the molecule is CC12c3ccccc3C(C)(c3ccccc31)[C@@H]1[C@H]2OC(=O)N1CC(=O)O. The van der Waals surface area contributed by atoms with Crippen LogP contribution in [0.25, 0.3) is 0 Å². The molecule has 132 valence electrons. The minimum atomic E-state index is -1.03. The lowest BCUT2D eigenvalue weighted by Crippen LogP contribution is -2.66. The maximum atomic E-state index is 12.6. The van der Waals surface area contributed by atoms with Crippen molar-refractivity contribution in [3.63, 3.8) is 0 Å². The number of hydrogen-bond donors (Lipinski definition) is 1. The molecule has 0 saturated carbocycles. The minimum Gasteiger partial charge on any atom is -0.480 e. The molecule has 5 heteroatoms. The van der Waals surface area contributed by atoms with Gasteiger partial charge in [-0.3, -0.25) is 9.69 Å². The molecule has 2 bridgehead atoms. The summed E-state index contributed by atoms with van der Waals surface area (Å²) in [6.07, 6.45) is -0.954. The molecular formula is C21H19NO4. The van der Waals surface area contributed by atoms with Gasteiger partial charge in [-0.05, 0) is 36.1 Å². The molecule has 1 N–H and O–H groups in total. The summed E-state index contributed by atoms with van der Waals surface area (Å²) in [5, 5.41) is 9.34. The molecule has 6 rings (SSSR count). The zero-order valence-corrected chi connectivity index (χ0v) is 14.6. The van der Waals surface area contributed by atoms with Gasteiger partial charge in [0.1, 0.15) is 12.6 Å². The average molecular weight is 349 g/mol. The number of nitrogens with zero attached hydrogens (tertiary/aromatic N) is 1. The highest BCUT2D eigenvalue weighted by Crippen LogP contribution is 2.62. The third-order valence-electron chi connectivity index (χ3n) is 6.64. The Morgan fingerprint density at radius 1 is 1.00 bits per heavy atom. The molecule has 2 atom stereocenters. The molecular weight excluding hydrogens is 330 g/mol. The molecule has 1 fully saturated rings. The molecule has 2 aromatic rings. The standard InChI is InChI=1S/C21H19NO4/c1-20-12-7-3-5-9-14(12)21(2,15-10-6-4-8-13(15)20)18-17(20)22(11-16(23)24)19(25)26-18/h3-10,17-18H,11H2,1-2H3,(H,23,24)/t17-,18+,20?,21?/m0/s1. The van der Waals surface area contributed by atoms with Crippen LogP contribution < -0.4 is 0 Å². The Balaban J connectivity index is 1.85. The van der Waals surface area contributed by atoms with Crippen LogP contribution in [0.4, 0.5) is 4.79 Å². The lowest BCUT2D eigenvalue weighted by atomic mass is 9.47. The van der Waals surface area contributed by atoms with Crippen LogP contribution in [0.3, 0.4) is 0 Å². The lowest BCUT2D eigenvalue weighted by Gasteiger charge is -2.58. The lowest BCUT2D eigenvalue weighted by molar-refractivity contribution is -0.138. The Labute approximate surface area is 151 Å². The van der Waals surface area contributed by atoms with Crippen molar-refractivity contribution in [2.75, 3.05) is 6.54 Å². The monoisotopic (exact) mass is 349 g/mol. The van der Waals surface area contributed by atoms with E-state index in [2.05, 4.69) is 38.1 Å². The van der Waals surface area contributed by atoms with Gasteiger partial charge in [0, 0.05) is 5.41 Å². The largest absolute Gasteiger partial charge is 0.480 e. The highest BCUT2D eigenvalue weighted by atomic mass is 16.6. The summed E-state index contributed by atoms with van der Waals surface area (Å²) in [5.41, 5.74) is 3.60. The van der Waals surface area contributed by atoms with Crippen LogP contribution in [0.5, 0.6) is 0 Å². The first-order valence-corrected chi connectivity index (χ1v) is 8.79. The van der Waals surface area contributed by atoms with Gasteiger partial charge in [0.15, 0.2) is 0 Å². The number of carbonyl (C=O) groups is 2. The maximum absolute atomic E-state index is 12.6. The summed E-state index contributed by atoms with van der Waals surface area (Å²) in [5.74, 6) is -1.03. The number of amides is 1. The molecule has 1 saturated heterocycles. The summed E-state index contributed by atoms with van der Waals surface area (Å²) >= 11 is 0. The second kappa shape index (κ2) is 4.67. The third-order valence-corrected chi connectivity index (χ3v) is 6.64. The highest BCUT2D eigenvalue weighted by molar-refractivity contribution is 5.81. The van der Waals surface area contributed by atoms with E-state index in [1.807, 2.05) is 24.3 Å². The molecule has 2 aromatic carbocycles. The number of ether oxygens (including phenoxy) is 1. The number of carbonyl (C=O) groups excluding carboxylic acids is 1. The zero-order chi connectivity index (χ0) is 18.3. The van der Waals surface area contributed by atoms with Crippen LogP contribution in [0, 0.1) is 0 Å².